The van der Waals surface area contributed by atoms with Crippen LogP contribution in [0, 0.1) is 0 Å². The first-order chi connectivity index (χ1) is 29.1. The fraction of sp³-hybridized carbons (Fsp3) is 0.604. The van der Waals surface area contributed by atoms with Crippen LogP contribution in [0.2, 0.25) is 0 Å². The number of phosphoric ester groups is 1. The van der Waals surface area contributed by atoms with Gasteiger partial charge in [-0.2, -0.15) is 0 Å². The number of rotatable bonds is 40. The number of aliphatic carboxylic acids is 1. The van der Waals surface area contributed by atoms with E-state index in [0.717, 1.165) is 44.9 Å². The molecule has 0 saturated carbocycles. The van der Waals surface area contributed by atoms with E-state index in [4.69, 9.17) is 24.8 Å². The van der Waals surface area contributed by atoms with Gasteiger partial charge in [0.2, 0.25) is 0 Å². The second-order valence-corrected chi connectivity index (χ2v) is 16.0. The molecule has 0 amide bonds. The summed E-state index contributed by atoms with van der Waals surface area (Å²) in [6, 6.07) is -1.54. The first-order valence-electron chi connectivity index (χ1n) is 22.3. The molecule has 0 saturated heterocycles. The Morgan fingerprint density at radius 2 is 0.983 bits per heavy atom. The topological polar surface area (TPSA) is 172 Å². The fourth-order valence-electron chi connectivity index (χ4n) is 5.52. The number of hydrogen-bond acceptors (Lipinski definition) is 9. The largest absolute Gasteiger partial charge is 0.480 e. The highest BCUT2D eigenvalue weighted by Crippen LogP contribution is 2.43. The number of nitrogens with two attached hydrogens (primary N) is 1. The van der Waals surface area contributed by atoms with Crippen LogP contribution in [0.3, 0.4) is 0 Å². The average molecular weight is 860 g/mol. The number of ether oxygens (including phenoxy) is 2. The monoisotopic (exact) mass is 860 g/mol. The molecule has 0 aromatic carbocycles. The number of hydrogen-bond donors (Lipinski definition) is 3. The molecule has 0 aromatic rings. The van der Waals surface area contributed by atoms with Gasteiger partial charge in [-0.05, 0) is 57.8 Å². The molecular formula is C48H78NO10P. The molecule has 0 spiro atoms. The van der Waals surface area contributed by atoms with Crippen molar-refractivity contribution in [1.82, 2.24) is 0 Å². The first kappa shape index (κ1) is 56.4. The molecule has 0 aliphatic heterocycles. The lowest BCUT2D eigenvalue weighted by Gasteiger charge is -2.20. The normalized spacial score (nSPS) is 14.6. The number of esters is 2. The highest BCUT2D eigenvalue weighted by Gasteiger charge is 2.28. The maximum Gasteiger partial charge on any atom is 0.472 e. The second kappa shape index (κ2) is 42.1. The standard InChI is InChI=1S/C48H78NO10P/c1-3-5-7-9-11-13-15-17-18-19-20-21-22-23-24-25-26-28-29-31-33-35-37-39-46(50)56-41-44(42-57-60(54,55)58-43-45(49)48(52)53)59-47(51)40-38-36-34-32-30-27-16-14-12-10-8-6-4-2/h5-8,10-14,16-18,27,30,32,34,44-45H,3-4,9,15,19-26,28-29,31,33,35-43,49H2,1-2H3,(H,52,53)(H,54,55)/b7-5+,8-6+,12-10+,13-11+,16-14+,18-17+,30-27+,34-32+/t44?,45-/m0/s1. The minimum Gasteiger partial charge on any atom is -0.480 e. The Morgan fingerprint density at radius 1 is 0.533 bits per heavy atom. The van der Waals surface area contributed by atoms with Crippen molar-refractivity contribution < 1.29 is 47.5 Å². The molecule has 12 heteroatoms. The molecule has 0 aliphatic rings. The number of phosphoric acid groups is 1. The third kappa shape index (κ3) is 41.1. The molecule has 0 aromatic heterocycles. The van der Waals surface area contributed by atoms with E-state index < -0.39 is 51.1 Å². The molecule has 2 unspecified atom stereocenters. The molecule has 0 radical (unpaired) electrons. The van der Waals surface area contributed by atoms with E-state index in [1.807, 2.05) is 54.7 Å². The quantitative estimate of drug-likeness (QED) is 0.0176. The highest BCUT2D eigenvalue weighted by molar-refractivity contribution is 7.47. The summed E-state index contributed by atoms with van der Waals surface area (Å²) in [6.07, 6.45) is 53.5. The molecule has 0 bridgehead atoms. The van der Waals surface area contributed by atoms with Gasteiger partial charge in [0.1, 0.15) is 12.6 Å². The van der Waals surface area contributed by atoms with Crippen LogP contribution < -0.4 is 5.73 Å². The van der Waals surface area contributed by atoms with Crippen LogP contribution in [-0.4, -0.2) is 59.9 Å². The summed E-state index contributed by atoms with van der Waals surface area (Å²) in [6.45, 7) is 2.46. The Balaban J connectivity index is 4.33. The minimum absolute atomic E-state index is 0.0598. The third-order valence-electron chi connectivity index (χ3n) is 8.96. The zero-order valence-electron chi connectivity index (χ0n) is 36.8. The van der Waals surface area contributed by atoms with E-state index in [1.54, 1.807) is 0 Å². The van der Waals surface area contributed by atoms with Gasteiger partial charge in [-0.1, -0.05) is 182 Å². The number of carbonyl (C=O) groups is 3. The van der Waals surface area contributed by atoms with Crippen molar-refractivity contribution >= 4 is 25.7 Å². The van der Waals surface area contributed by atoms with E-state index in [9.17, 15) is 23.8 Å². The molecule has 0 fully saturated rings. The number of unbranched alkanes of at least 4 members (excludes halogenated alkanes) is 14. The first-order valence-corrected chi connectivity index (χ1v) is 23.8. The maximum atomic E-state index is 12.6. The summed E-state index contributed by atoms with van der Waals surface area (Å²) >= 11 is 0. The molecule has 60 heavy (non-hydrogen) atoms. The molecule has 11 nitrogen and oxygen atoms in total. The lowest BCUT2D eigenvalue weighted by molar-refractivity contribution is -0.161. The number of carboxylic acids is 1. The maximum absolute atomic E-state index is 12.6. The Morgan fingerprint density at radius 3 is 1.55 bits per heavy atom. The van der Waals surface area contributed by atoms with Crippen LogP contribution in [0.15, 0.2) is 97.2 Å². The smallest absolute Gasteiger partial charge is 0.472 e. The van der Waals surface area contributed by atoms with E-state index >= 15 is 0 Å². The molecule has 0 aliphatic carbocycles. The van der Waals surface area contributed by atoms with Crippen molar-refractivity contribution in [2.45, 2.75) is 167 Å². The van der Waals surface area contributed by atoms with Gasteiger partial charge in [-0.3, -0.25) is 23.4 Å². The molecule has 340 valence electrons. The van der Waals surface area contributed by atoms with Crippen molar-refractivity contribution in [2.75, 3.05) is 19.8 Å². The summed E-state index contributed by atoms with van der Waals surface area (Å²) in [5.74, 6) is -2.49. The lowest BCUT2D eigenvalue weighted by atomic mass is 10.0. The molecule has 3 atom stereocenters. The van der Waals surface area contributed by atoms with Gasteiger partial charge < -0.3 is 25.2 Å². The molecule has 0 heterocycles. The number of carbonyl (C=O) groups excluding carboxylic acids is 2. The fourth-order valence-corrected chi connectivity index (χ4v) is 6.30. The van der Waals surface area contributed by atoms with Gasteiger partial charge in [0.05, 0.1) is 13.2 Å². The van der Waals surface area contributed by atoms with E-state index in [1.165, 1.54) is 64.2 Å². The lowest BCUT2D eigenvalue weighted by Crippen LogP contribution is -2.34. The minimum atomic E-state index is -4.74. The van der Waals surface area contributed by atoms with Gasteiger partial charge in [-0.15, -0.1) is 0 Å². The van der Waals surface area contributed by atoms with Gasteiger partial charge >= 0.3 is 25.7 Å². The van der Waals surface area contributed by atoms with E-state index in [0.29, 0.717) is 19.3 Å². The SMILES string of the molecule is CC/C=C/C=C/C=C/C=C/C=C/CCCC(=O)OC(COC(=O)CCCCCCCCCCCCCCC/C=C/C/C=C/C/C=C/CC)COP(=O)(O)OC[C@H](N)C(=O)O. The number of allylic oxidation sites excluding steroid dienone is 16. The van der Waals surface area contributed by atoms with Crippen molar-refractivity contribution in [2.24, 2.45) is 5.73 Å². The Bertz CT molecular complexity index is 1380. The Kier molecular flexibility index (Phi) is 39.6. The van der Waals surface area contributed by atoms with Crippen molar-refractivity contribution in [3.63, 3.8) is 0 Å². The van der Waals surface area contributed by atoms with Gasteiger partial charge in [0.25, 0.3) is 0 Å². The molecule has 4 N–H and O–H groups in total. The van der Waals surface area contributed by atoms with Crippen LogP contribution in [0.4, 0.5) is 0 Å². The summed E-state index contributed by atoms with van der Waals surface area (Å²) in [4.78, 5) is 45.9. The van der Waals surface area contributed by atoms with Crippen LogP contribution in [0.5, 0.6) is 0 Å². The van der Waals surface area contributed by atoms with Crippen LogP contribution >= 0.6 is 7.82 Å². The summed E-state index contributed by atoms with van der Waals surface area (Å²) in [5, 5.41) is 8.89. The van der Waals surface area contributed by atoms with Crippen LogP contribution in [0.1, 0.15) is 155 Å². The summed E-state index contributed by atoms with van der Waals surface area (Å²) in [7, 11) is -4.74. The van der Waals surface area contributed by atoms with Crippen LogP contribution in [0.25, 0.3) is 0 Å². The van der Waals surface area contributed by atoms with Crippen molar-refractivity contribution in [1.29, 1.82) is 0 Å². The average Bonchev–Trinajstić information content (AvgIpc) is 3.22. The molecular weight excluding hydrogens is 781 g/mol. The summed E-state index contributed by atoms with van der Waals surface area (Å²) < 4.78 is 32.6. The predicted molar refractivity (Wildman–Crippen MR) is 244 cm³/mol. The zero-order chi connectivity index (χ0) is 44.2. The van der Waals surface area contributed by atoms with Crippen LogP contribution in [-0.2, 0) is 37.5 Å². The van der Waals surface area contributed by atoms with Gasteiger partial charge in [0.15, 0.2) is 6.10 Å². The third-order valence-corrected chi connectivity index (χ3v) is 9.91. The van der Waals surface area contributed by atoms with E-state index in [2.05, 4.69) is 60.9 Å². The second-order valence-electron chi connectivity index (χ2n) is 14.5. The van der Waals surface area contributed by atoms with Crippen molar-refractivity contribution in [3.05, 3.63) is 97.2 Å². The zero-order valence-corrected chi connectivity index (χ0v) is 37.6. The predicted octanol–water partition coefficient (Wildman–Crippen LogP) is 12.1. The Hall–Kier alpha value is -3.60. The van der Waals surface area contributed by atoms with Gasteiger partial charge in [0, 0.05) is 12.8 Å². The number of carboxylic acid groups (broad SMARTS) is 1. The highest BCUT2D eigenvalue weighted by atomic mass is 31.2. The summed E-state index contributed by atoms with van der Waals surface area (Å²) in [5.41, 5.74) is 5.33. The molecule has 0 rings (SSSR count). The van der Waals surface area contributed by atoms with Crippen molar-refractivity contribution in [3.8, 4) is 0 Å². The van der Waals surface area contributed by atoms with Gasteiger partial charge in [-0.25, -0.2) is 4.57 Å². The van der Waals surface area contributed by atoms with E-state index in [-0.39, 0.29) is 19.4 Å². The Labute approximate surface area is 362 Å².